The van der Waals surface area contributed by atoms with E-state index in [0.717, 1.165) is 11.1 Å². The summed E-state index contributed by atoms with van der Waals surface area (Å²) in [5.74, 6) is -0.104. The minimum atomic E-state index is -0.554. The van der Waals surface area contributed by atoms with Crippen LogP contribution >= 0.6 is 0 Å². The van der Waals surface area contributed by atoms with E-state index in [1.165, 1.54) is 0 Å². The van der Waals surface area contributed by atoms with Gasteiger partial charge in [-0.2, -0.15) is 0 Å². The third kappa shape index (κ3) is 3.19. The van der Waals surface area contributed by atoms with E-state index < -0.39 is 6.10 Å². The molecule has 0 saturated heterocycles. The molecule has 1 aromatic carbocycles. The lowest BCUT2D eigenvalue weighted by Gasteiger charge is -2.27. The minimum absolute atomic E-state index is 0.104. The highest BCUT2D eigenvalue weighted by atomic mass is 16.3. The first kappa shape index (κ1) is 15.0. The largest absolute Gasteiger partial charge is 0.390 e. The molecular weight excluding hydrogens is 252 g/mol. The standard InChI is InChI=1S/C16H24N2O2/c1-16(2,3)13(17)9-14(20)18-15-11-7-5-4-6-10(11)8-12(15)19/h4-7,12-13,15,19H,8-9,17H2,1-3H3,(H,18,20)/t12-,13?,15+/m0/s1. The summed E-state index contributed by atoms with van der Waals surface area (Å²) in [5, 5.41) is 13.0. The van der Waals surface area contributed by atoms with Gasteiger partial charge in [-0.25, -0.2) is 0 Å². The maximum absolute atomic E-state index is 12.1. The molecule has 0 bridgehead atoms. The highest BCUT2D eigenvalue weighted by Crippen LogP contribution is 2.31. The summed E-state index contributed by atoms with van der Waals surface area (Å²) in [6, 6.07) is 7.32. The first-order chi connectivity index (χ1) is 9.29. The maximum Gasteiger partial charge on any atom is 0.222 e. The van der Waals surface area contributed by atoms with Gasteiger partial charge in [0, 0.05) is 18.9 Å². The van der Waals surface area contributed by atoms with Crippen LogP contribution in [0.1, 0.15) is 44.4 Å². The zero-order valence-corrected chi connectivity index (χ0v) is 12.4. The van der Waals surface area contributed by atoms with E-state index in [0.29, 0.717) is 6.42 Å². The van der Waals surface area contributed by atoms with Crippen molar-refractivity contribution >= 4 is 5.91 Å². The van der Waals surface area contributed by atoms with Gasteiger partial charge in [0.15, 0.2) is 0 Å². The Bertz CT molecular complexity index is 493. The number of rotatable bonds is 3. The summed E-state index contributed by atoms with van der Waals surface area (Å²) in [6.07, 6.45) is 0.309. The molecule has 0 aliphatic heterocycles. The molecule has 0 saturated carbocycles. The molecule has 0 heterocycles. The molecule has 2 rings (SSSR count). The molecule has 110 valence electrons. The number of carbonyl (C=O) groups excluding carboxylic acids is 1. The Kier molecular flexibility index (Phi) is 4.16. The van der Waals surface area contributed by atoms with Crippen molar-refractivity contribution in [2.75, 3.05) is 0 Å². The smallest absolute Gasteiger partial charge is 0.222 e. The van der Waals surface area contributed by atoms with E-state index >= 15 is 0 Å². The first-order valence-corrected chi connectivity index (χ1v) is 7.10. The molecule has 0 radical (unpaired) electrons. The second kappa shape index (κ2) is 5.54. The zero-order valence-electron chi connectivity index (χ0n) is 12.4. The van der Waals surface area contributed by atoms with Crippen molar-refractivity contribution in [3.63, 3.8) is 0 Å². The molecule has 4 N–H and O–H groups in total. The number of nitrogens with one attached hydrogen (secondary N) is 1. The van der Waals surface area contributed by atoms with Crippen molar-refractivity contribution in [1.29, 1.82) is 0 Å². The third-order valence-corrected chi connectivity index (χ3v) is 4.04. The van der Waals surface area contributed by atoms with Crippen molar-refractivity contribution in [2.45, 2.75) is 51.8 Å². The molecule has 20 heavy (non-hydrogen) atoms. The number of fused-ring (bicyclic) bond motifs is 1. The van der Waals surface area contributed by atoms with Crippen molar-refractivity contribution in [3.8, 4) is 0 Å². The number of hydrogen-bond donors (Lipinski definition) is 3. The summed E-state index contributed by atoms with van der Waals surface area (Å²) < 4.78 is 0. The van der Waals surface area contributed by atoms with Crippen LogP contribution in [0.15, 0.2) is 24.3 Å². The fourth-order valence-corrected chi connectivity index (χ4v) is 2.49. The molecule has 1 aliphatic carbocycles. The Labute approximate surface area is 120 Å². The van der Waals surface area contributed by atoms with Crippen molar-refractivity contribution in [2.24, 2.45) is 11.1 Å². The van der Waals surface area contributed by atoms with Crippen LogP contribution < -0.4 is 11.1 Å². The van der Waals surface area contributed by atoms with E-state index in [1.807, 2.05) is 45.0 Å². The molecule has 1 unspecified atom stereocenters. The van der Waals surface area contributed by atoms with Crippen molar-refractivity contribution < 1.29 is 9.90 Å². The van der Waals surface area contributed by atoms with Crippen LogP contribution in [0.3, 0.4) is 0 Å². The number of carbonyl (C=O) groups is 1. The Hall–Kier alpha value is -1.39. The second-order valence-corrected chi connectivity index (χ2v) is 6.69. The average molecular weight is 276 g/mol. The Morgan fingerprint density at radius 1 is 1.45 bits per heavy atom. The van der Waals surface area contributed by atoms with Crippen LogP contribution in [0, 0.1) is 5.41 Å². The summed E-state index contributed by atoms with van der Waals surface area (Å²) in [4.78, 5) is 12.1. The number of amides is 1. The predicted molar refractivity (Wildman–Crippen MR) is 79.1 cm³/mol. The lowest BCUT2D eigenvalue weighted by atomic mass is 9.85. The first-order valence-electron chi connectivity index (χ1n) is 7.10. The fraction of sp³-hybridized carbons (Fsp3) is 0.562. The maximum atomic E-state index is 12.1. The van der Waals surface area contributed by atoms with E-state index in [-0.39, 0.29) is 29.8 Å². The average Bonchev–Trinajstić information content (AvgIpc) is 2.65. The second-order valence-electron chi connectivity index (χ2n) is 6.69. The zero-order chi connectivity index (χ0) is 14.9. The van der Waals surface area contributed by atoms with Gasteiger partial charge in [-0.3, -0.25) is 4.79 Å². The van der Waals surface area contributed by atoms with Gasteiger partial charge in [0.1, 0.15) is 0 Å². The van der Waals surface area contributed by atoms with E-state index in [1.54, 1.807) is 0 Å². The van der Waals surface area contributed by atoms with Crippen LogP contribution in [0.5, 0.6) is 0 Å². The van der Waals surface area contributed by atoms with Gasteiger partial charge in [-0.1, -0.05) is 45.0 Å². The molecular formula is C16H24N2O2. The van der Waals surface area contributed by atoms with Gasteiger partial charge < -0.3 is 16.2 Å². The number of aliphatic hydroxyl groups excluding tert-OH is 1. The molecule has 0 aromatic heterocycles. The molecule has 0 spiro atoms. The van der Waals surface area contributed by atoms with Gasteiger partial charge in [0.05, 0.1) is 12.1 Å². The van der Waals surface area contributed by atoms with Crippen LogP contribution in [-0.4, -0.2) is 23.2 Å². The van der Waals surface area contributed by atoms with E-state index in [4.69, 9.17) is 5.73 Å². The summed E-state index contributed by atoms with van der Waals surface area (Å²) in [5.41, 5.74) is 8.04. The Morgan fingerprint density at radius 3 is 2.75 bits per heavy atom. The van der Waals surface area contributed by atoms with Gasteiger partial charge in [-0.05, 0) is 16.5 Å². The number of aliphatic hydroxyl groups is 1. The number of hydrogen-bond acceptors (Lipinski definition) is 3. The van der Waals surface area contributed by atoms with E-state index in [2.05, 4.69) is 5.32 Å². The molecule has 1 amide bonds. The van der Waals surface area contributed by atoms with Crippen molar-refractivity contribution in [1.82, 2.24) is 5.32 Å². The lowest BCUT2D eigenvalue weighted by Crippen LogP contribution is -2.42. The molecule has 3 atom stereocenters. The van der Waals surface area contributed by atoms with Crippen LogP contribution in [0.2, 0.25) is 0 Å². The van der Waals surface area contributed by atoms with Crippen LogP contribution in [0.4, 0.5) is 0 Å². The number of benzene rings is 1. The van der Waals surface area contributed by atoms with Crippen molar-refractivity contribution in [3.05, 3.63) is 35.4 Å². The monoisotopic (exact) mass is 276 g/mol. The van der Waals surface area contributed by atoms with E-state index in [9.17, 15) is 9.90 Å². The summed E-state index contributed by atoms with van der Waals surface area (Å²) >= 11 is 0. The van der Waals surface area contributed by atoms with Gasteiger partial charge in [0.25, 0.3) is 0 Å². The highest BCUT2D eigenvalue weighted by Gasteiger charge is 2.32. The Morgan fingerprint density at radius 2 is 2.10 bits per heavy atom. The fourth-order valence-electron chi connectivity index (χ4n) is 2.49. The van der Waals surface area contributed by atoms with Gasteiger partial charge in [0.2, 0.25) is 5.91 Å². The molecule has 0 fully saturated rings. The predicted octanol–water partition coefficient (Wildman–Crippen LogP) is 1.52. The third-order valence-electron chi connectivity index (χ3n) is 4.04. The highest BCUT2D eigenvalue weighted by molar-refractivity contribution is 5.77. The molecule has 4 heteroatoms. The van der Waals surface area contributed by atoms with Gasteiger partial charge in [-0.15, -0.1) is 0 Å². The summed E-state index contributed by atoms with van der Waals surface area (Å²) in [6.45, 7) is 6.06. The molecule has 1 aromatic rings. The molecule has 1 aliphatic rings. The Balaban J connectivity index is 2.02. The van der Waals surface area contributed by atoms with Crippen LogP contribution in [0.25, 0.3) is 0 Å². The topological polar surface area (TPSA) is 75.4 Å². The van der Waals surface area contributed by atoms with Gasteiger partial charge >= 0.3 is 0 Å². The lowest BCUT2D eigenvalue weighted by molar-refractivity contribution is -0.123. The quantitative estimate of drug-likeness (QED) is 0.783. The van der Waals surface area contributed by atoms with Crippen LogP contribution in [-0.2, 0) is 11.2 Å². The molecule has 4 nitrogen and oxygen atoms in total. The SMILES string of the molecule is CC(C)(C)C(N)CC(=O)N[C@@H]1c2ccccc2C[C@@H]1O. The normalized spacial score (nSPS) is 23.2. The minimum Gasteiger partial charge on any atom is -0.390 e. The summed E-state index contributed by atoms with van der Waals surface area (Å²) in [7, 11) is 0. The number of nitrogens with two attached hydrogens (primary N) is 1.